The van der Waals surface area contributed by atoms with Crippen molar-refractivity contribution in [2.24, 2.45) is 11.8 Å². The third-order valence-corrected chi connectivity index (χ3v) is 6.57. The number of nitrogens with one attached hydrogen (secondary N) is 3. The molecule has 1 unspecified atom stereocenters. The molecule has 1 aliphatic rings. The highest BCUT2D eigenvalue weighted by atomic mass is 35.5. The molecule has 1 aliphatic heterocycles. The lowest BCUT2D eigenvalue weighted by molar-refractivity contribution is -0.122. The minimum atomic E-state index is -3.40. The van der Waals surface area contributed by atoms with Gasteiger partial charge in [-0.1, -0.05) is 31.2 Å². The Morgan fingerprint density at radius 2 is 1.75 bits per heavy atom. The lowest BCUT2D eigenvalue weighted by Gasteiger charge is -2.27. The molecule has 8 heteroatoms. The van der Waals surface area contributed by atoms with Crippen molar-refractivity contribution in [2.45, 2.75) is 58.4 Å². The standard InChI is InChI=1S/C20H33N3O3S.ClH/c1-15(2)23-27(25,26)14-19-7-5-4-6-18(19)13-22-20(24)12-16(3)17-8-10-21-11-9-17;/h4-7,15-17,21,23H,8-14H2,1-3H3,(H,22,24);1H. The minimum Gasteiger partial charge on any atom is -0.352 e. The van der Waals surface area contributed by atoms with E-state index < -0.39 is 10.0 Å². The monoisotopic (exact) mass is 431 g/mol. The van der Waals surface area contributed by atoms with Crippen molar-refractivity contribution in [3.8, 4) is 0 Å². The molecule has 0 bridgehead atoms. The Morgan fingerprint density at radius 3 is 2.36 bits per heavy atom. The van der Waals surface area contributed by atoms with E-state index >= 15 is 0 Å². The number of amides is 1. The van der Waals surface area contributed by atoms with Crippen LogP contribution in [0.1, 0.15) is 51.2 Å². The maximum Gasteiger partial charge on any atom is 0.220 e. The van der Waals surface area contributed by atoms with Gasteiger partial charge in [0.1, 0.15) is 0 Å². The summed E-state index contributed by atoms with van der Waals surface area (Å²) in [5.41, 5.74) is 1.56. The molecule has 1 aromatic rings. The molecule has 6 nitrogen and oxygen atoms in total. The summed E-state index contributed by atoms with van der Waals surface area (Å²) in [6.45, 7) is 8.16. The fourth-order valence-corrected chi connectivity index (χ4v) is 5.11. The van der Waals surface area contributed by atoms with Crippen LogP contribution in [0.4, 0.5) is 0 Å². The molecule has 2 rings (SSSR count). The van der Waals surface area contributed by atoms with E-state index in [9.17, 15) is 13.2 Å². The zero-order valence-corrected chi connectivity index (χ0v) is 18.7. The van der Waals surface area contributed by atoms with Crippen molar-refractivity contribution in [2.75, 3.05) is 13.1 Å². The quantitative estimate of drug-likeness (QED) is 0.560. The van der Waals surface area contributed by atoms with Gasteiger partial charge in [-0.2, -0.15) is 0 Å². The maximum absolute atomic E-state index is 12.4. The molecular formula is C20H34ClN3O3S. The van der Waals surface area contributed by atoms with Crippen LogP contribution in [-0.4, -0.2) is 33.5 Å². The second-order valence-electron chi connectivity index (χ2n) is 7.85. The number of hydrogen-bond acceptors (Lipinski definition) is 4. The summed E-state index contributed by atoms with van der Waals surface area (Å²) >= 11 is 0. The van der Waals surface area contributed by atoms with Crippen LogP contribution in [0.3, 0.4) is 0 Å². The van der Waals surface area contributed by atoms with Gasteiger partial charge in [-0.3, -0.25) is 4.79 Å². The summed E-state index contributed by atoms with van der Waals surface area (Å²) in [6, 6.07) is 7.23. The van der Waals surface area contributed by atoms with Crippen molar-refractivity contribution in [1.29, 1.82) is 0 Å². The lowest BCUT2D eigenvalue weighted by atomic mass is 9.84. The van der Waals surface area contributed by atoms with Crippen molar-refractivity contribution in [1.82, 2.24) is 15.4 Å². The molecule has 0 spiro atoms. The first kappa shape index (κ1) is 24.9. The predicted octanol–water partition coefficient (Wildman–Crippen LogP) is 2.58. The number of carbonyl (C=O) groups is 1. The Kier molecular flexibility index (Phi) is 10.4. The van der Waals surface area contributed by atoms with E-state index in [1.165, 1.54) is 0 Å². The van der Waals surface area contributed by atoms with Gasteiger partial charge in [-0.25, -0.2) is 13.1 Å². The van der Waals surface area contributed by atoms with Gasteiger partial charge in [0.25, 0.3) is 0 Å². The third kappa shape index (κ3) is 8.47. The predicted molar refractivity (Wildman–Crippen MR) is 116 cm³/mol. The molecule has 28 heavy (non-hydrogen) atoms. The summed E-state index contributed by atoms with van der Waals surface area (Å²) < 4.78 is 27.0. The Balaban J connectivity index is 0.00000392. The fraction of sp³-hybridized carbons (Fsp3) is 0.650. The summed E-state index contributed by atoms with van der Waals surface area (Å²) in [6.07, 6.45) is 2.76. The van der Waals surface area contributed by atoms with E-state index in [1.54, 1.807) is 19.9 Å². The molecule has 3 N–H and O–H groups in total. The van der Waals surface area contributed by atoms with Gasteiger partial charge >= 0.3 is 0 Å². The van der Waals surface area contributed by atoms with Crippen molar-refractivity contribution < 1.29 is 13.2 Å². The summed E-state index contributed by atoms with van der Waals surface area (Å²) in [7, 11) is -3.40. The smallest absolute Gasteiger partial charge is 0.220 e. The fourth-order valence-electron chi connectivity index (χ4n) is 3.61. The summed E-state index contributed by atoms with van der Waals surface area (Å²) in [4.78, 5) is 12.4. The Labute approximate surface area is 175 Å². The molecule has 1 saturated heterocycles. The average molecular weight is 432 g/mol. The van der Waals surface area contributed by atoms with Gasteiger partial charge in [-0.15, -0.1) is 12.4 Å². The summed E-state index contributed by atoms with van der Waals surface area (Å²) in [5, 5.41) is 6.32. The SMILES string of the molecule is CC(C)NS(=O)(=O)Cc1ccccc1CNC(=O)CC(C)C1CCNCC1.Cl. The van der Waals surface area contributed by atoms with Gasteiger partial charge in [0, 0.05) is 19.0 Å². The number of halogens is 1. The van der Waals surface area contributed by atoms with Crippen LogP contribution in [0.25, 0.3) is 0 Å². The van der Waals surface area contributed by atoms with E-state index in [2.05, 4.69) is 22.3 Å². The number of piperidine rings is 1. The number of rotatable bonds is 9. The highest BCUT2D eigenvalue weighted by molar-refractivity contribution is 7.88. The second-order valence-corrected chi connectivity index (χ2v) is 9.60. The Hall–Kier alpha value is -1.15. The first-order valence-electron chi connectivity index (χ1n) is 9.81. The molecule has 1 atom stereocenters. The molecule has 0 radical (unpaired) electrons. The van der Waals surface area contributed by atoms with Gasteiger partial charge in [0.15, 0.2) is 0 Å². The second kappa shape index (κ2) is 11.8. The average Bonchev–Trinajstić information content (AvgIpc) is 2.60. The van der Waals surface area contributed by atoms with Gasteiger partial charge in [0.2, 0.25) is 15.9 Å². The van der Waals surface area contributed by atoms with E-state index in [4.69, 9.17) is 0 Å². The highest BCUT2D eigenvalue weighted by Crippen LogP contribution is 2.24. The van der Waals surface area contributed by atoms with E-state index in [0.717, 1.165) is 37.1 Å². The number of sulfonamides is 1. The van der Waals surface area contributed by atoms with Crippen LogP contribution in [0.15, 0.2) is 24.3 Å². The zero-order chi connectivity index (χ0) is 19.9. The van der Waals surface area contributed by atoms with E-state index in [0.29, 0.717) is 24.8 Å². The maximum atomic E-state index is 12.4. The van der Waals surface area contributed by atoms with Crippen LogP contribution in [-0.2, 0) is 27.1 Å². The van der Waals surface area contributed by atoms with E-state index in [1.807, 2.05) is 18.2 Å². The van der Waals surface area contributed by atoms with Crippen LogP contribution in [0, 0.1) is 11.8 Å². The molecule has 0 aromatic heterocycles. The largest absolute Gasteiger partial charge is 0.352 e. The van der Waals surface area contributed by atoms with Gasteiger partial charge in [-0.05, 0) is 62.7 Å². The van der Waals surface area contributed by atoms with Gasteiger partial charge < -0.3 is 10.6 Å². The molecule has 1 fully saturated rings. The van der Waals surface area contributed by atoms with Crippen LogP contribution in [0.2, 0.25) is 0 Å². The van der Waals surface area contributed by atoms with Crippen molar-refractivity contribution in [3.63, 3.8) is 0 Å². The van der Waals surface area contributed by atoms with Crippen LogP contribution >= 0.6 is 12.4 Å². The highest BCUT2D eigenvalue weighted by Gasteiger charge is 2.22. The molecule has 1 heterocycles. The third-order valence-electron chi connectivity index (χ3n) is 5.05. The van der Waals surface area contributed by atoms with Crippen LogP contribution in [0.5, 0.6) is 0 Å². The molecule has 1 aromatic carbocycles. The van der Waals surface area contributed by atoms with Crippen molar-refractivity contribution in [3.05, 3.63) is 35.4 Å². The zero-order valence-electron chi connectivity index (χ0n) is 17.0. The van der Waals surface area contributed by atoms with E-state index in [-0.39, 0.29) is 30.1 Å². The molecular weight excluding hydrogens is 398 g/mol. The van der Waals surface area contributed by atoms with Crippen molar-refractivity contribution >= 4 is 28.3 Å². The molecule has 160 valence electrons. The molecule has 0 saturated carbocycles. The molecule has 0 aliphatic carbocycles. The summed E-state index contributed by atoms with van der Waals surface area (Å²) in [5.74, 6) is 0.899. The van der Waals surface area contributed by atoms with Crippen LogP contribution < -0.4 is 15.4 Å². The molecule has 1 amide bonds. The minimum absolute atomic E-state index is 0. The first-order chi connectivity index (χ1) is 12.8. The number of benzene rings is 1. The Bertz CT molecular complexity index is 719. The normalized spacial score (nSPS) is 16.4. The Morgan fingerprint density at radius 1 is 1.14 bits per heavy atom. The van der Waals surface area contributed by atoms with Gasteiger partial charge in [0.05, 0.1) is 5.75 Å². The number of carbonyl (C=O) groups excluding carboxylic acids is 1. The first-order valence-corrected chi connectivity index (χ1v) is 11.5. The topological polar surface area (TPSA) is 87.3 Å². The number of hydrogen-bond donors (Lipinski definition) is 3. The lowest BCUT2D eigenvalue weighted by Crippen LogP contribution is -2.33.